The third kappa shape index (κ3) is 3.22. The summed E-state index contributed by atoms with van der Waals surface area (Å²) < 4.78 is 0. The molecule has 1 aliphatic heterocycles. The van der Waals surface area contributed by atoms with Gasteiger partial charge in [0.2, 0.25) is 5.91 Å². The molecule has 0 radical (unpaired) electrons. The Labute approximate surface area is 108 Å². The van der Waals surface area contributed by atoms with Crippen molar-refractivity contribution in [2.24, 2.45) is 5.92 Å². The van der Waals surface area contributed by atoms with Gasteiger partial charge in [-0.2, -0.15) is 0 Å². The summed E-state index contributed by atoms with van der Waals surface area (Å²) in [4.78, 5) is 14.1. The van der Waals surface area contributed by atoms with Gasteiger partial charge in [0, 0.05) is 18.1 Å². The minimum Gasteiger partial charge on any atom is -0.342 e. The first-order valence-electron chi connectivity index (χ1n) is 6.18. The number of piperidine rings is 1. The fourth-order valence-electron chi connectivity index (χ4n) is 2.33. The summed E-state index contributed by atoms with van der Waals surface area (Å²) >= 11 is 6.07. The van der Waals surface area contributed by atoms with Gasteiger partial charge < -0.3 is 4.90 Å². The Balaban J connectivity index is 1.99. The van der Waals surface area contributed by atoms with Crippen molar-refractivity contribution in [1.82, 2.24) is 4.90 Å². The van der Waals surface area contributed by atoms with Gasteiger partial charge in [0.1, 0.15) is 0 Å². The first-order valence-corrected chi connectivity index (χ1v) is 6.56. The van der Waals surface area contributed by atoms with Gasteiger partial charge in [-0.05, 0) is 30.4 Å². The van der Waals surface area contributed by atoms with E-state index in [-0.39, 0.29) is 5.91 Å². The summed E-state index contributed by atoms with van der Waals surface area (Å²) in [6.45, 7) is 3.99. The van der Waals surface area contributed by atoms with E-state index in [1.165, 1.54) is 6.42 Å². The zero-order valence-electron chi connectivity index (χ0n) is 10.2. The number of carbonyl (C=O) groups excluding carboxylic acids is 1. The van der Waals surface area contributed by atoms with Crippen molar-refractivity contribution in [3.63, 3.8) is 0 Å². The topological polar surface area (TPSA) is 20.3 Å². The monoisotopic (exact) mass is 251 g/mol. The van der Waals surface area contributed by atoms with Crippen molar-refractivity contribution in [1.29, 1.82) is 0 Å². The standard InChI is InChI=1S/C14H18ClNO/c1-11-5-4-8-16(10-11)14(17)9-12-6-2-3-7-13(12)15/h2-3,6-7,11H,4-5,8-10H2,1H3/t11-/m0/s1. The third-order valence-corrected chi connectivity index (χ3v) is 3.68. The fraction of sp³-hybridized carbons (Fsp3) is 0.500. The second-order valence-electron chi connectivity index (χ2n) is 4.86. The second kappa shape index (κ2) is 5.54. The van der Waals surface area contributed by atoms with Gasteiger partial charge in [-0.15, -0.1) is 0 Å². The summed E-state index contributed by atoms with van der Waals surface area (Å²) in [6, 6.07) is 7.57. The zero-order chi connectivity index (χ0) is 12.3. The largest absolute Gasteiger partial charge is 0.342 e. The van der Waals surface area contributed by atoms with E-state index in [1.54, 1.807) is 0 Å². The molecule has 1 heterocycles. The predicted octanol–water partition coefficient (Wildman–Crippen LogP) is 3.14. The normalized spacial score (nSPS) is 20.4. The number of benzene rings is 1. The Morgan fingerprint density at radius 1 is 1.47 bits per heavy atom. The quantitative estimate of drug-likeness (QED) is 0.791. The number of halogens is 1. The molecule has 3 heteroatoms. The number of hydrogen-bond donors (Lipinski definition) is 0. The Hall–Kier alpha value is -1.02. The van der Waals surface area contributed by atoms with Gasteiger partial charge in [-0.3, -0.25) is 4.79 Å². The van der Waals surface area contributed by atoms with Crippen LogP contribution >= 0.6 is 11.6 Å². The Bertz CT molecular complexity index is 405. The van der Waals surface area contributed by atoms with E-state index < -0.39 is 0 Å². The second-order valence-corrected chi connectivity index (χ2v) is 5.26. The van der Waals surface area contributed by atoms with E-state index >= 15 is 0 Å². The lowest BCUT2D eigenvalue weighted by Gasteiger charge is -2.31. The molecule has 0 N–H and O–H groups in total. The summed E-state index contributed by atoms with van der Waals surface area (Å²) in [6.07, 6.45) is 2.78. The van der Waals surface area contributed by atoms with E-state index in [9.17, 15) is 4.79 Å². The van der Waals surface area contributed by atoms with Crippen molar-refractivity contribution in [2.75, 3.05) is 13.1 Å². The van der Waals surface area contributed by atoms with Crippen LogP contribution in [0.2, 0.25) is 5.02 Å². The SMILES string of the molecule is C[C@H]1CCCN(C(=O)Cc2ccccc2Cl)C1. The lowest BCUT2D eigenvalue weighted by atomic mass is 9.99. The molecule has 0 saturated carbocycles. The first-order chi connectivity index (χ1) is 8.16. The maximum atomic E-state index is 12.1. The van der Waals surface area contributed by atoms with Crippen LogP contribution in [0.25, 0.3) is 0 Å². The number of likely N-dealkylation sites (tertiary alicyclic amines) is 1. The number of hydrogen-bond acceptors (Lipinski definition) is 1. The molecular weight excluding hydrogens is 234 g/mol. The number of amides is 1. The van der Waals surface area contributed by atoms with E-state index in [2.05, 4.69) is 6.92 Å². The van der Waals surface area contributed by atoms with Crippen molar-refractivity contribution < 1.29 is 4.79 Å². The molecule has 0 spiro atoms. The number of nitrogens with zero attached hydrogens (tertiary/aromatic N) is 1. The molecule has 0 aliphatic carbocycles. The average Bonchev–Trinajstić information content (AvgIpc) is 2.32. The minimum atomic E-state index is 0.199. The molecule has 1 aliphatic rings. The van der Waals surface area contributed by atoms with Crippen LogP contribution < -0.4 is 0 Å². The van der Waals surface area contributed by atoms with Crippen molar-refractivity contribution >= 4 is 17.5 Å². The molecule has 1 saturated heterocycles. The van der Waals surface area contributed by atoms with Crippen LogP contribution in [0.4, 0.5) is 0 Å². The fourth-order valence-corrected chi connectivity index (χ4v) is 2.53. The molecule has 0 aromatic heterocycles. The molecule has 2 rings (SSSR count). The summed E-state index contributed by atoms with van der Waals surface area (Å²) in [5, 5.41) is 0.686. The highest BCUT2D eigenvalue weighted by Gasteiger charge is 2.21. The lowest BCUT2D eigenvalue weighted by molar-refractivity contribution is -0.132. The Kier molecular flexibility index (Phi) is 4.06. The van der Waals surface area contributed by atoms with Crippen molar-refractivity contribution in [2.45, 2.75) is 26.2 Å². The first kappa shape index (κ1) is 12.4. The van der Waals surface area contributed by atoms with E-state index in [0.29, 0.717) is 17.4 Å². The average molecular weight is 252 g/mol. The maximum absolute atomic E-state index is 12.1. The van der Waals surface area contributed by atoms with Gasteiger partial charge >= 0.3 is 0 Å². The molecule has 2 nitrogen and oxygen atoms in total. The van der Waals surface area contributed by atoms with E-state index in [4.69, 9.17) is 11.6 Å². The Morgan fingerprint density at radius 2 is 2.24 bits per heavy atom. The molecule has 1 atom stereocenters. The van der Waals surface area contributed by atoms with Gasteiger partial charge in [0.15, 0.2) is 0 Å². The molecule has 1 aromatic carbocycles. The zero-order valence-corrected chi connectivity index (χ0v) is 10.9. The van der Waals surface area contributed by atoms with Crippen LogP contribution in [0.15, 0.2) is 24.3 Å². The molecule has 0 unspecified atom stereocenters. The summed E-state index contributed by atoms with van der Waals surface area (Å²) in [5.41, 5.74) is 0.928. The van der Waals surface area contributed by atoms with Gasteiger partial charge in [0.05, 0.1) is 6.42 Å². The summed E-state index contributed by atoms with van der Waals surface area (Å²) in [5.74, 6) is 0.823. The van der Waals surface area contributed by atoms with Crippen LogP contribution in [0, 0.1) is 5.92 Å². The molecule has 17 heavy (non-hydrogen) atoms. The van der Waals surface area contributed by atoms with Crippen LogP contribution in [0.3, 0.4) is 0 Å². The van der Waals surface area contributed by atoms with Gasteiger partial charge in [0.25, 0.3) is 0 Å². The highest BCUT2D eigenvalue weighted by molar-refractivity contribution is 6.31. The lowest BCUT2D eigenvalue weighted by Crippen LogP contribution is -2.39. The Morgan fingerprint density at radius 3 is 2.94 bits per heavy atom. The van der Waals surface area contributed by atoms with Crippen LogP contribution in [0.1, 0.15) is 25.3 Å². The van der Waals surface area contributed by atoms with Crippen molar-refractivity contribution in [3.8, 4) is 0 Å². The maximum Gasteiger partial charge on any atom is 0.227 e. The minimum absolute atomic E-state index is 0.199. The number of rotatable bonds is 2. The number of carbonyl (C=O) groups is 1. The van der Waals surface area contributed by atoms with Gasteiger partial charge in [-0.1, -0.05) is 36.7 Å². The van der Waals surface area contributed by atoms with Crippen LogP contribution in [0.5, 0.6) is 0 Å². The molecule has 92 valence electrons. The highest BCUT2D eigenvalue weighted by Crippen LogP contribution is 2.19. The molecule has 1 amide bonds. The summed E-state index contributed by atoms with van der Waals surface area (Å²) in [7, 11) is 0. The molecule has 0 bridgehead atoms. The molecule has 1 fully saturated rings. The highest BCUT2D eigenvalue weighted by atomic mass is 35.5. The third-order valence-electron chi connectivity index (χ3n) is 3.31. The van der Waals surface area contributed by atoms with Crippen molar-refractivity contribution in [3.05, 3.63) is 34.9 Å². The van der Waals surface area contributed by atoms with E-state index in [0.717, 1.165) is 25.1 Å². The molecular formula is C14H18ClNO. The van der Waals surface area contributed by atoms with Crippen LogP contribution in [-0.2, 0) is 11.2 Å². The van der Waals surface area contributed by atoms with Gasteiger partial charge in [-0.25, -0.2) is 0 Å². The molecule has 1 aromatic rings. The van der Waals surface area contributed by atoms with E-state index in [1.807, 2.05) is 29.2 Å². The smallest absolute Gasteiger partial charge is 0.227 e. The van der Waals surface area contributed by atoms with Crippen LogP contribution in [-0.4, -0.2) is 23.9 Å². The predicted molar refractivity (Wildman–Crippen MR) is 70.1 cm³/mol.